The summed E-state index contributed by atoms with van der Waals surface area (Å²) in [6.45, 7) is 3.05. The Morgan fingerprint density at radius 1 is 1.06 bits per heavy atom. The van der Waals surface area contributed by atoms with Gasteiger partial charge < -0.3 is 15.4 Å². The Balaban J connectivity index is 1.50. The molecular weight excluding hydrogens is 390 g/mol. The lowest BCUT2D eigenvalue weighted by molar-refractivity contribution is -0.125. The van der Waals surface area contributed by atoms with Gasteiger partial charge in [0.25, 0.3) is 0 Å². The van der Waals surface area contributed by atoms with Crippen LogP contribution >= 0.6 is 0 Å². The van der Waals surface area contributed by atoms with Crippen LogP contribution in [0.3, 0.4) is 0 Å². The second-order valence-electron chi connectivity index (χ2n) is 8.17. The molecule has 0 aliphatic heterocycles. The third-order valence-corrected chi connectivity index (χ3v) is 5.79. The predicted molar refractivity (Wildman–Crippen MR) is 123 cm³/mol. The standard InChI is InChI=1S/C25H33N3O3/c1-19-12-13-23(31-2)22(16-19)27-24(29)17-26-25(30)18-28(21-10-6-7-11-21)15-14-20-8-4-3-5-9-20/h3-5,8-9,12-13,16,21H,6-7,10-11,14-15,17-18H2,1-2H3,(H,26,30)(H,27,29). The first kappa shape index (κ1) is 22.8. The second kappa shape index (κ2) is 11.5. The van der Waals surface area contributed by atoms with Crippen LogP contribution in [0.1, 0.15) is 36.8 Å². The van der Waals surface area contributed by atoms with Crippen LogP contribution in [-0.2, 0) is 16.0 Å². The summed E-state index contributed by atoms with van der Waals surface area (Å²) in [4.78, 5) is 27.2. The molecule has 2 aromatic rings. The molecule has 2 amide bonds. The Labute approximate surface area is 185 Å². The molecule has 1 aliphatic carbocycles. The Morgan fingerprint density at radius 2 is 1.81 bits per heavy atom. The Kier molecular flexibility index (Phi) is 8.47. The molecule has 6 heteroatoms. The van der Waals surface area contributed by atoms with Gasteiger partial charge in [0.05, 0.1) is 25.9 Å². The van der Waals surface area contributed by atoms with E-state index in [4.69, 9.17) is 4.74 Å². The van der Waals surface area contributed by atoms with Crippen molar-refractivity contribution < 1.29 is 14.3 Å². The van der Waals surface area contributed by atoms with Crippen LogP contribution in [0.4, 0.5) is 5.69 Å². The summed E-state index contributed by atoms with van der Waals surface area (Å²) in [7, 11) is 1.56. The topological polar surface area (TPSA) is 70.7 Å². The van der Waals surface area contributed by atoms with Crippen molar-refractivity contribution in [3.63, 3.8) is 0 Å². The third-order valence-electron chi connectivity index (χ3n) is 5.79. The molecule has 0 bridgehead atoms. The molecule has 2 aromatic carbocycles. The fraction of sp³-hybridized carbons (Fsp3) is 0.440. The number of benzene rings is 2. The first-order chi connectivity index (χ1) is 15.0. The van der Waals surface area contributed by atoms with Crippen LogP contribution in [0, 0.1) is 6.92 Å². The summed E-state index contributed by atoms with van der Waals surface area (Å²) in [6.07, 6.45) is 5.62. The molecule has 31 heavy (non-hydrogen) atoms. The van der Waals surface area contributed by atoms with Crippen molar-refractivity contribution in [2.45, 2.75) is 45.1 Å². The number of amides is 2. The van der Waals surface area contributed by atoms with E-state index in [0.29, 0.717) is 24.0 Å². The summed E-state index contributed by atoms with van der Waals surface area (Å²) in [5, 5.41) is 5.59. The maximum Gasteiger partial charge on any atom is 0.243 e. The number of nitrogens with zero attached hydrogens (tertiary/aromatic N) is 1. The van der Waals surface area contributed by atoms with E-state index in [-0.39, 0.29) is 18.4 Å². The lowest BCUT2D eigenvalue weighted by Gasteiger charge is -2.28. The Morgan fingerprint density at radius 3 is 2.52 bits per heavy atom. The minimum atomic E-state index is -0.269. The average Bonchev–Trinajstić information content (AvgIpc) is 3.31. The maximum atomic E-state index is 12.6. The van der Waals surface area contributed by atoms with Crippen LogP contribution in [-0.4, -0.2) is 49.5 Å². The van der Waals surface area contributed by atoms with E-state index < -0.39 is 0 Å². The van der Waals surface area contributed by atoms with Crippen molar-refractivity contribution in [3.8, 4) is 5.75 Å². The number of carbonyl (C=O) groups excluding carboxylic acids is 2. The van der Waals surface area contributed by atoms with Crippen molar-refractivity contribution in [3.05, 3.63) is 59.7 Å². The molecule has 0 spiro atoms. The smallest absolute Gasteiger partial charge is 0.243 e. The number of hydrogen-bond acceptors (Lipinski definition) is 4. The van der Waals surface area contributed by atoms with E-state index in [9.17, 15) is 9.59 Å². The van der Waals surface area contributed by atoms with E-state index in [1.165, 1.54) is 18.4 Å². The van der Waals surface area contributed by atoms with Crippen LogP contribution in [0.2, 0.25) is 0 Å². The minimum absolute atomic E-state index is 0.0624. The van der Waals surface area contributed by atoms with Crippen molar-refractivity contribution in [2.75, 3.05) is 32.1 Å². The molecule has 0 radical (unpaired) electrons. The summed E-state index contributed by atoms with van der Waals surface area (Å²) < 4.78 is 5.29. The summed E-state index contributed by atoms with van der Waals surface area (Å²) in [5.74, 6) is 0.207. The zero-order valence-corrected chi connectivity index (χ0v) is 18.5. The van der Waals surface area contributed by atoms with Gasteiger partial charge in [0.2, 0.25) is 11.8 Å². The van der Waals surface area contributed by atoms with Crippen LogP contribution < -0.4 is 15.4 Å². The average molecular weight is 424 g/mol. The molecule has 1 saturated carbocycles. The van der Waals surface area contributed by atoms with Crippen LogP contribution in [0.5, 0.6) is 5.75 Å². The highest BCUT2D eigenvalue weighted by atomic mass is 16.5. The van der Waals surface area contributed by atoms with Gasteiger partial charge in [-0.05, 0) is 49.4 Å². The number of rotatable bonds is 10. The summed E-state index contributed by atoms with van der Waals surface area (Å²) in [5.41, 5.74) is 2.90. The summed E-state index contributed by atoms with van der Waals surface area (Å²) >= 11 is 0. The number of carbonyl (C=O) groups is 2. The van der Waals surface area contributed by atoms with E-state index >= 15 is 0 Å². The van der Waals surface area contributed by atoms with Crippen molar-refractivity contribution in [2.24, 2.45) is 0 Å². The number of methoxy groups -OCH3 is 1. The van der Waals surface area contributed by atoms with Gasteiger partial charge in [0.15, 0.2) is 0 Å². The molecule has 0 heterocycles. The molecular formula is C25H33N3O3. The summed E-state index contributed by atoms with van der Waals surface area (Å²) in [6, 6.07) is 16.4. The van der Waals surface area contributed by atoms with Gasteiger partial charge in [-0.15, -0.1) is 0 Å². The Hall–Kier alpha value is -2.86. The zero-order valence-electron chi connectivity index (χ0n) is 18.5. The van der Waals surface area contributed by atoms with Gasteiger partial charge in [-0.25, -0.2) is 0 Å². The van der Waals surface area contributed by atoms with Gasteiger partial charge >= 0.3 is 0 Å². The van der Waals surface area contributed by atoms with Crippen LogP contribution in [0.15, 0.2) is 48.5 Å². The van der Waals surface area contributed by atoms with Gasteiger partial charge in [-0.3, -0.25) is 14.5 Å². The third kappa shape index (κ3) is 7.10. The van der Waals surface area contributed by atoms with E-state index in [1.54, 1.807) is 7.11 Å². The largest absolute Gasteiger partial charge is 0.495 e. The predicted octanol–water partition coefficient (Wildman–Crippen LogP) is 3.55. The van der Waals surface area contributed by atoms with Gasteiger partial charge in [0, 0.05) is 12.6 Å². The molecule has 3 rings (SSSR count). The molecule has 6 nitrogen and oxygen atoms in total. The second-order valence-corrected chi connectivity index (χ2v) is 8.17. The van der Waals surface area contributed by atoms with E-state index in [2.05, 4.69) is 27.7 Å². The minimum Gasteiger partial charge on any atom is -0.495 e. The molecule has 166 valence electrons. The van der Waals surface area contributed by atoms with E-state index in [0.717, 1.165) is 31.4 Å². The number of nitrogens with one attached hydrogen (secondary N) is 2. The van der Waals surface area contributed by atoms with E-state index in [1.807, 2.05) is 43.3 Å². The lowest BCUT2D eigenvalue weighted by Crippen LogP contribution is -2.44. The highest BCUT2D eigenvalue weighted by Gasteiger charge is 2.24. The van der Waals surface area contributed by atoms with Crippen molar-refractivity contribution in [1.82, 2.24) is 10.2 Å². The van der Waals surface area contributed by atoms with Crippen molar-refractivity contribution in [1.29, 1.82) is 0 Å². The highest BCUT2D eigenvalue weighted by molar-refractivity contribution is 5.96. The Bertz CT molecular complexity index is 864. The van der Waals surface area contributed by atoms with Crippen LogP contribution in [0.25, 0.3) is 0 Å². The quantitative estimate of drug-likeness (QED) is 0.613. The number of aryl methyl sites for hydroxylation is 1. The number of anilines is 1. The molecule has 2 N–H and O–H groups in total. The normalized spacial score (nSPS) is 13.9. The fourth-order valence-electron chi connectivity index (χ4n) is 4.11. The molecule has 1 fully saturated rings. The maximum absolute atomic E-state index is 12.6. The molecule has 0 atom stereocenters. The van der Waals surface area contributed by atoms with Gasteiger partial charge in [-0.1, -0.05) is 49.2 Å². The first-order valence-electron chi connectivity index (χ1n) is 11.0. The molecule has 1 aliphatic rings. The zero-order chi connectivity index (χ0) is 22.1. The molecule has 0 unspecified atom stereocenters. The fourth-order valence-corrected chi connectivity index (χ4v) is 4.11. The molecule has 0 saturated heterocycles. The van der Waals surface area contributed by atoms with Gasteiger partial charge in [-0.2, -0.15) is 0 Å². The highest BCUT2D eigenvalue weighted by Crippen LogP contribution is 2.25. The van der Waals surface area contributed by atoms with Gasteiger partial charge in [0.1, 0.15) is 5.75 Å². The number of hydrogen-bond donors (Lipinski definition) is 2. The van der Waals surface area contributed by atoms with Crippen molar-refractivity contribution >= 4 is 17.5 Å². The monoisotopic (exact) mass is 423 g/mol. The SMILES string of the molecule is COc1ccc(C)cc1NC(=O)CNC(=O)CN(CCc1ccccc1)C1CCCC1. The first-order valence-corrected chi connectivity index (χ1v) is 11.0. The lowest BCUT2D eigenvalue weighted by atomic mass is 10.1. The molecule has 0 aromatic heterocycles. The number of ether oxygens (including phenoxy) is 1.